The lowest BCUT2D eigenvalue weighted by atomic mass is 10.2. The SMILES string of the molecule is O=C(O)c1ccc(Cl)nc1Nc1ccc(Br)c(Cl)c1Cl. The summed E-state index contributed by atoms with van der Waals surface area (Å²) >= 11 is 21.1. The number of carboxylic acid groups (broad SMARTS) is 1. The van der Waals surface area contributed by atoms with Crippen LogP contribution in [-0.2, 0) is 0 Å². The summed E-state index contributed by atoms with van der Waals surface area (Å²) < 4.78 is 0.632. The third-order valence-corrected chi connectivity index (χ3v) is 4.36. The summed E-state index contributed by atoms with van der Waals surface area (Å²) in [6, 6.07) is 6.08. The second kappa shape index (κ2) is 6.18. The molecule has 0 radical (unpaired) electrons. The standard InChI is InChI=1S/C12H6BrCl3N2O2/c13-6-2-3-7(10(16)9(6)15)17-11-5(12(19)20)1-4-8(14)18-11/h1-4H,(H,17,18)(H,19,20). The fourth-order valence-corrected chi connectivity index (χ4v) is 2.42. The molecule has 1 aromatic heterocycles. The number of nitrogens with zero attached hydrogens (tertiary/aromatic N) is 1. The molecule has 0 amide bonds. The Labute approximate surface area is 137 Å². The highest BCUT2D eigenvalue weighted by Gasteiger charge is 2.15. The first-order valence-electron chi connectivity index (χ1n) is 5.20. The summed E-state index contributed by atoms with van der Waals surface area (Å²) in [5, 5.41) is 12.7. The van der Waals surface area contributed by atoms with Gasteiger partial charge in [-0.2, -0.15) is 0 Å². The van der Waals surface area contributed by atoms with Crippen LogP contribution < -0.4 is 5.32 Å². The van der Waals surface area contributed by atoms with Gasteiger partial charge in [0, 0.05) is 4.47 Å². The first-order valence-corrected chi connectivity index (χ1v) is 7.13. The molecule has 20 heavy (non-hydrogen) atoms. The molecule has 1 heterocycles. The number of anilines is 2. The van der Waals surface area contributed by atoms with Gasteiger partial charge < -0.3 is 10.4 Å². The number of halogens is 4. The molecular formula is C12H6BrCl3N2O2. The van der Waals surface area contributed by atoms with Gasteiger partial charge >= 0.3 is 5.97 Å². The molecule has 4 nitrogen and oxygen atoms in total. The largest absolute Gasteiger partial charge is 0.478 e. The van der Waals surface area contributed by atoms with Gasteiger partial charge in [-0.15, -0.1) is 0 Å². The summed E-state index contributed by atoms with van der Waals surface area (Å²) in [5.41, 5.74) is 0.404. The van der Waals surface area contributed by atoms with E-state index in [4.69, 9.17) is 39.9 Å². The summed E-state index contributed by atoms with van der Waals surface area (Å²) in [6.45, 7) is 0. The molecule has 8 heteroatoms. The minimum Gasteiger partial charge on any atom is -0.478 e. The maximum atomic E-state index is 11.1. The number of nitrogens with one attached hydrogen (secondary N) is 1. The molecule has 0 atom stereocenters. The fourth-order valence-electron chi connectivity index (χ4n) is 1.45. The summed E-state index contributed by atoms with van der Waals surface area (Å²) in [5.74, 6) is -1.04. The van der Waals surface area contributed by atoms with Crippen LogP contribution in [0.5, 0.6) is 0 Å². The molecule has 0 fully saturated rings. The molecular weight excluding hydrogens is 390 g/mol. The van der Waals surface area contributed by atoms with Crippen molar-refractivity contribution in [3.63, 3.8) is 0 Å². The van der Waals surface area contributed by atoms with Gasteiger partial charge in [-0.1, -0.05) is 34.8 Å². The van der Waals surface area contributed by atoms with E-state index in [1.54, 1.807) is 12.1 Å². The zero-order chi connectivity index (χ0) is 14.9. The van der Waals surface area contributed by atoms with Crippen LogP contribution >= 0.6 is 50.7 Å². The van der Waals surface area contributed by atoms with Crippen molar-refractivity contribution in [3.05, 3.63) is 49.5 Å². The van der Waals surface area contributed by atoms with E-state index in [-0.39, 0.29) is 21.6 Å². The Kier molecular flexibility index (Phi) is 4.75. The zero-order valence-electron chi connectivity index (χ0n) is 9.62. The van der Waals surface area contributed by atoms with Gasteiger partial charge in [-0.05, 0) is 40.2 Å². The molecule has 2 rings (SSSR count). The highest BCUT2D eigenvalue weighted by atomic mass is 79.9. The molecule has 0 spiro atoms. The number of aromatic carboxylic acids is 1. The normalized spacial score (nSPS) is 10.4. The molecule has 2 aromatic rings. The van der Waals surface area contributed by atoms with E-state index in [0.29, 0.717) is 15.2 Å². The number of carboxylic acids is 1. The molecule has 0 aliphatic carbocycles. The third kappa shape index (κ3) is 3.17. The van der Waals surface area contributed by atoms with Gasteiger partial charge in [0.15, 0.2) is 0 Å². The highest BCUT2D eigenvalue weighted by Crippen LogP contribution is 2.37. The summed E-state index contributed by atoms with van der Waals surface area (Å²) in [7, 11) is 0. The van der Waals surface area contributed by atoms with Crippen molar-refractivity contribution in [1.29, 1.82) is 0 Å². The van der Waals surface area contributed by atoms with E-state index in [9.17, 15) is 4.79 Å². The van der Waals surface area contributed by atoms with E-state index in [2.05, 4.69) is 26.2 Å². The van der Waals surface area contributed by atoms with Crippen molar-refractivity contribution < 1.29 is 9.90 Å². The highest BCUT2D eigenvalue weighted by molar-refractivity contribution is 9.10. The lowest BCUT2D eigenvalue weighted by Crippen LogP contribution is -2.05. The minimum absolute atomic E-state index is 0.0236. The number of hydrogen-bond acceptors (Lipinski definition) is 3. The Morgan fingerprint density at radius 2 is 1.85 bits per heavy atom. The van der Waals surface area contributed by atoms with Gasteiger partial charge in [0.2, 0.25) is 0 Å². The fraction of sp³-hybridized carbons (Fsp3) is 0. The van der Waals surface area contributed by atoms with Crippen molar-refractivity contribution in [1.82, 2.24) is 4.98 Å². The smallest absolute Gasteiger partial charge is 0.339 e. The number of hydrogen-bond donors (Lipinski definition) is 2. The first-order chi connectivity index (χ1) is 9.40. The number of rotatable bonds is 3. The number of benzene rings is 1. The molecule has 1 aromatic carbocycles. The molecule has 0 unspecified atom stereocenters. The van der Waals surface area contributed by atoms with Crippen LogP contribution in [0.15, 0.2) is 28.7 Å². The number of aromatic nitrogens is 1. The first kappa shape index (κ1) is 15.4. The summed E-state index contributed by atoms with van der Waals surface area (Å²) in [4.78, 5) is 15.1. The quantitative estimate of drug-likeness (QED) is 0.550. The summed E-state index contributed by atoms with van der Waals surface area (Å²) in [6.07, 6.45) is 0. The van der Waals surface area contributed by atoms with Crippen molar-refractivity contribution in [3.8, 4) is 0 Å². The molecule has 0 bridgehead atoms. The molecule has 104 valence electrons. The Balaban J connectivity index is 2.47. The van der Waals surface area contributed by atoms with Crippen LogP contribution in [-0.4, -0.2) is 16.1 Å². The minimum atomic E-state index is -1.13. The van der Waals surface area contributed by atoms with Crippen molar-refractivity contribution in [2.45, 2.75) is 0 Å². The van der Waals surface area contributed by atoms with E-state index < -0.39 is 5.97 Å². The maximum absolute atomic E-state index is 11.1. The van der Waals surface area contributed by atoms with Crippen molar-refractivity contribution >= 4 is 68.2 Å². The van der Waals surface area contributed by atoms with E-state index in [1.807, 2.05) is 0 Å². The molecule has 0 aliphatic rings. The predicted octanol–water partition coefficient (Wildman–Crippen LogP) is 5.25. The van der Waals surface area contributed by atoms with E-state index in [1.165, 1.54) is 12.1 Å². The maximum Gasteiger partial charge on any atom is 0.339 e. The number of carbonyl (C=O) groups is 1. The van der Waals surface area contributed by atoms with Gasteiger partial charge in [-0.25, -0.2) is 9.78 Å². The second-order valence-corrected chi connectivity index (χ2v) is 5.68. The molecule has 0 saturated heterocycles. The van der Waals surface area contributed by atoms with E-state index in [0.717, 1.165) is 0 Å². The molecule has 0 aliphatic heterocycles. The van der Waals surface area contributed by atoms with Gasteiger partial charge in [0.05, 0.1) is 15.7 Å². The van der Waals surface area contributed by atoms with Gasteiger partial charge in [0.25, 0.3) is 0 Å². The molecule has 0 saturated carbocycles. The Bertz CT molecular complexity index is 695. The average Bonchev–Trinajstić information content (AvgIpc) is 2.39. The topological polar surface area (TPSA) is 62.2 Å². The monoisotopic (exact) mass is 394 g/mol. The lowest BCUT2D eigenvalue weighted by Gasteiger charge is -2.11. The zero-order valence-corrected chi connectivity index (χ0v) is 13.5. The van der Waals surface area contributed by atoms with E-state index >= 15 is 0 Å². The average molecular weight is 396 g/mol. The van der Waals surface area contributed by atoms with Crippen LogP contribution in [0.25, 0.3) is 0 Å². The van der Waals surface area contributed by atoms with Gasteiger partial charge in [0.1, 0.15) is 16.5 Å². The van der Waals surface area contributed by atoms with Crippen LogP contribution in [0.3, 0.4) is 0 Å². The number of pyridine rings is 1. The third-order valence-electron chi connectivity index (χ3n) is 2.38. The van der Waals surface area contributed by atoms with Crippen LogP contribution in [0, 0.1) is 0 Å². The van der Waals surface area contributed by atoms with Crippen molar-refractivity contribution in [2.75, 3.05) is 5.32 Å². The van der Waals surface area contributed by atoms with Crippen LogP contribution in [0.4, 0.5) is 11.5 Å². The Hall–Kier alpha value is -1.01. The van der Waals surface area contributed by atoms with Crippen molar-refractivity contribution in [2.24, 2.45) is 0 Å². The Morgan fingerprint density at radius 3 is 2.50 bits per heavy atom. The van der Waals surface area contributed by atoms with Crippen LogP contribution in [0.1, 0.15) is 10.4 Å². The second-order valence-electron chi connectivity index (χ2n) is 3.68. The Morgan fingerprint density at radius 1 is 1.15 bits per heavy atom. The van der Waals surface area contributed by atoms with Crippen LogP contribution in [0.2, 0.25) is 15.2 Å². The predicted molar refractivity (Wildman–Crippen MR) is 83.7 cm³/mol. The van der Waals surface area contributed by atoms with Gasteiger partial charge in [-0.3, -0.25) is 0 Å². The molecule has 2 N–H and O–H groups in total. The lowest BCUT2D eigenvalue weighted by molar-refractivity contribution is 0.0697.